The zero-order chi connectivity index (χ0) is 14.8. The summed E-state index contributed by atoms with van der Waals surface area (Å²) in [5.41, 5.74) is 8.42. The Morgan fingerprint density at radius 1 is 1.29 bits per heavy atom. The van der Waals surface area contributed by atoms with Crippen molar-refractivity contribution in [2.75, 3.05) is 31.6 Å². The maximum absolute atomic E-state index is 5.95. The van der Waals surface area contributed by atoms with Crippen LogP contribution in [0, 0.1) is 0 Å². The predicted molar refractivity (Wildman–Crippen MR) is 86.9 cm³/mol. The molecule has 0 saturated carbocycles. The van der Waals surface area contributed by atoms with Crippen molar-refractivity contribution in [1.82, 2.24) is 4.90 Å². The van der Waals surface area contributed by atoms with Gasteiger partial charge in [0.05, 0.1) is 7.11 Å². The van der Waals surface area contributed by atoms with Crippen LogP contribution in [0.1, 0.15) is 31.7 Å². The molecule has 4 nitrogen and oxygen atoms in total. The van der Waals surface area contributed by atoms with E-state index < -0.39 is 0 Å². The van der Waals surface area contributed by atoms with Crippen molar-refractivity contribution >= 4 is 5.69 Å². The third-order valence-corrected chi connectivity index (χ3v) is 5.01. The van der Waals surface area contributed by atoms with Crippen molar-refractivity contribution in [3.8, 4) is 5.75 Å². The molecule has 2 heterocycles. The highest BCUT2D eigenvalue weighted by atomic mass is 16.5. The second kappa shape index (κ2) is 6.24. The van der Waals surface area contributed by atoms with E-state index in [-0.39, 0.29) is 0 Å². The monoisotopic (exact) mass is 289 g/mol. The maximum atomic E-state index is 5.95. The van der Waals surface area contributed by atoms with Gasteiger partial charge in [-0.3, -0.25) is 4.90 Å². The molecule has 2 unspecified atom stereocenters. The fourth-order valence-electron chi connectivity index (χ4n) is 3.80. The number of hydrogen-bond donors (Lipinski definition) is 1. The van der Waals surface area contributed by atoms with Gasteiger partial charge in [-0.05, 0) is 37.9 Å². The highest BCUT2D eigenvalue weighted by molar-refractivity contribution is 5.58. The van der Waals surface area contributed by atoms with Crippen LogP contribution in [0.3, 0.4) is 0 Å². The molecule has 0 amide bonds. The van der Waals surface area contributed by atoms with Crippen LogP contribution < -0.4 is 15.4 Å². The van der Waals surface area contributed by atoms with Gasteiger partial charge in [0.25, 0.3) is 0 Å². The van der Waals surface area contributed by atoms with Crippen LogP contribution >= 0.6 is 0 Å². The first-order valence-electron chi connectivity index (χ1n) is 8.10. The highest BCUT2D eigenvalue weighted by Gasteiger charge is 2.33. The smallest absolute Gasteiger partial charge is 0.120 e. The predicted octanol–water partition coefficient (Wildman–Crippen LogP) is 2.22. The number of anilines is 1. The fourth-order valence-corrected chi connectivity index (χ4v) is 3.80. The third kappa shape index (κ3) is 2.87. The largest absolute Gasteiger partial charge is 0.497 e. The minimum atomic E-state index is 0.525. The number of nitrogens with zero attached hydrogens (tertiary/aromatic N) is 2. The van der Waals surface area contributed by atoms with E-state index in [1.807, 2.05) is 6.07 Å². The SMILES string of the molecule is COc1ccc(CN)c(N2CC3CCCCN3CC2C)c1. The molecule has 0 aromatic heterocycles. The van der Waals surface area contributed by atoms with Gasteiger partial charge in [-0.25, -0.2) is 0 Å². The summed E-state index contributed by atoms with van der Waals surface area (Å²) in [6.45, 7) is 6.44. The summed E-state index contributed by atoms with van der Waals surface area (Å²) in [5.74, 6) is 0.917. The van der Waals surface area contributed by atoms with Crippen molar-refractivity contribution in [2.24, 2.45) is 5.73 Å². The molecule has 2 atom stereocenters. The summed E-state index contributed by atoms with van der Waals surface area (Å²) < 4.78 is 5.41. The van der Waals surface area contributed by atoms with Crippen LogP contribution in [0.15, 0.2) is 18.2 Å². The first kappa shape index (κ1) is 14.7. The molecular weight excluding hydrogens is 262 g/mol. The van der Waals surface area contributed by atoms with Crippen molar-refractivity contribution < 1.29 is 4.74 Å². The molecule has 2 aliphatic heterocycles. The molecule has 0 spiro atoms. The average molecular weight is 289 g/mol. The zero-order valence-electron chi connectivity index (χ0n) is 13.2. The summed E-state index contributed by atoms with van der Waals surface area (Å²) >= 11 is 0. The Morgan fingerprint density at radius 3 is 2.90 bits per heavy atom. The summed E-state index contributed by atoms with van der Waals surface area (Å²) in [5, 5.41) is 0. The van der Waals surface area contributed by atoms with E-state index >= 15 is 0 Å². The second-order valence-electron chi connectivity index (χ2n) is 6.34. The van der Waals surface area contributed by atoms with E-state index in [9.17, 15) is 0 Å². The second-order valence-corrected chi connectivity index (χ2v) is 6.34. The number of hydrogen-bond acceptors (Lipinski definition) is 4. The number of piperidine rings is 1. The number of benzene rings is 1. The van der Waals surface area contributed by atoms with Crippen molar-refractivity contribution in [3.63, 3.8) is 0 Å². The van der Waals surface area contributed by atoms with Gasteiger partial charge in [-0.15, -0.1) is 0 Å². The van der Waals surface area contributed by atoms with Crippen molar-refractivity contribution in [2.45, 2.75) is 44.8 Å². The molecule has 1 aromatic rings. The van der Waals surface area contributed by atoms with E-state index in [2.05, 4.69) is 28.9 Å². The molecule has 4 heteroatoms. The van der Waals surface area contributed by atoms with Gasteiger partial charge in [0, 0.05) is 43.5 Å². The van der Waals surface area contributed by atoms with Gasteiger partial charge in [0.2, 0.25) is 0 Å². The minimum absolute atomic E-state index is 0.525. The van der Waals surface area contributed by atoms with Crippen molar-refractivity contribution in [1.29, 1.82) is 0 Å². The van der Waals surface area contributed by atoms with E-state index in [1.54, 1.807) is 7.11 Å². The Labute approximate surface area is 127 Å². The summed E-state index contributed by atoms with van der Waals surface area (Å²) in [7, 11) is 1.73. The number of piperazine rings is 1. The Hall–Kier alpha value is -1.26. The molecule has 2 aliphatic rings. The first-order valence-corrected chi connectivity index (χ1v) is 8.10. The molecule has 0 aliphatic carbocycles. The number of fused-ring (bicyclic) bond motifs is 1. The Bertz CT molecular complexity index is 491. The minimum Gasteiger partial charge on any atom is -0.497 e. The molecule has 116 valence electrons. The summed E-state index contributed by atoms with van der Waals surface area (Å²) in [6.07, 6.45) is 4.05. The van der Waals surface area contributed by atoms with Gasteiger partial charge >= 0.3 is 0 Å². The molecule has 21 heavy (non-hydrogen) atoms. The number of nitrogens with two attached hydrogens (primary N) is 1. The average Bonchev–Trinajstić information content (AvgIpc) is 2.53. The van der Waals surface area contributed by atoms with Crippen LogP contribution in [0.25, 0.3) is 0 Å². The third-order valence-electron chi connectivity index (χ3n) is 5.01. The van der Waals surface area contributed by atoms with Crippen LogP contribution in [-0.2, 0) is 6.54 Å². The van der Waals surface area contributed by atoms with Crippen LogP contribution in [-0.4, -0.2) is 43.7 Å². The van der Waals surface area contributed by atoms with E-state index in [0.717, 1.165) is 18.8 Å². The molecular formula is C17H27N3O. The Morgan fingerprint density at radius 2 is 2.14 bits per heavy atom. The standard InChI is InChI=1S/C17H27N3O/c1-13-11-19-8-4-3-5-15(19)12-20(13)17-9-16(21-2)7-6-14(17)10-18/h6-7,9,13,15H,3-5,8,10-12,18H2,1-2H3. The Balaban J connectivity index is 1.88. The molecule has 2 saturated heterocycles. The van der Waals surface area contributed by atoms with E-state index in [0.29, 0.717) is 18.6 Å². The first-order chi connectivity index (χ1) is 10.2. The van der Waals surface area contributed by atoms with Gasteiger partial charge in [-0.2, -0.15) is 0 Å². The van der Waals surface area contributed by atoms with Gasteiger partial charge in [0.1, 0.15) is 5.75 Å². The molecule has 2 N–H and O–H groups in total. The number of rotatable bonds is 3. The molecule has 1 aromatic carbocycles. The number of methoxy groups -OCH3 is 1. The topological polar surface area (TPSA) is 41.7 Å². The lowest BCUT2D eigenvalue weighted by Gasteiger charge is -2.49. The molecule has 3 rings (SSSR count). The lowest BCUT2D eigenvalue weighted by Crippen LogP contribution is -2.59. The maximum Gasteiger partial charge on any atom is 0.120 e. The Kier molecular flexibility index (Phi) is 4.36. The summed E-state index contributed by atoms with van der Waals surface area (Å²) in [4.78, 5) is 5.21. The fraction of sp³-hybridized carbons (Fsp3) is 0.647. The summed E-state index contributed by atoms with van der Waals surface area (Å²) in [6, 6.07) is 7.49. The van der Waals surface area contributed by atoms with E-state index in [4.69, 9.17) is 10.5 Å². The lowest BCUT2D eigenvalue weighted by molar-refractivity contribution is 0.115. The quantitative estimate of drug-likeness (QED) is 0.926. The van der Waals surface area contributed by atoms with Crippen LogP contribution in [0.5, 0.6) is 5.75 Å². The van der Waals surface area contributed by atoms with Gasteiger partial charge in [-0.1, -0.05) is 12.5 Å². The van der Waals surface area contributed by atoms with Gasteiger partial charge in [0.15, 0.2) is 0 Å². The molecule has 0 bridgehead atoms. The van der Waals surface area contributed by atoms with E-state index in [1.165, 1.54) is 37.1 Å². The zero-order valence-corrected chi connectivity index (χ0v) is 13.2. The van der Waals surface area contributed by atoms with Crippen LogP contribution in [0.2, 0.25) is 0 Å². The molecule has 2 fully saturated rings. The van der Waals surface area contributed by atoms with Crippen LogP contribution in [0.4, 0.5) is 5.69 Å². The number of ether oxygens (including phenoxy) is 1. The van der Waals surface area contributed by atoms with Crippen molar-refractivity contribution in [3.05, 3.63) is 23.8 Å². The normalized spacial score (nSPS) is 26.5. The highest BCUT2D eigenvalue weighted by Crippen LogP contribution is 2.32. The lowest BCUT2D eigenvalue weighted by atomic mass is 9.96. The molecule has 0 radical (unpaired) electrons. The van der Waals surface area contributed by atoms with Gasteiger partial charge < -0.3 is 15.4 Å².